The van der Waals surface area contributed by atoms with Gasteiger partial charge in [-0.1, -0.05) is 0 Å². The lowest BCUT2D eigenvalue weighted by atomic mass is 10.2. The normalized spacial score (nSPS) is 18.9. The van der Waals surface area contributed by atoms with Gasteiger partial charge in [-0.05, 0) is 6.92 Å². The van der Waals surface area contributed by atoms with Gasteiger partial charge >= 0.3 is 0 Å². The number of aliphatic hydroxyl groups is 2. The van der Waals surface area contributed by atoms with E-state index >= 15 is 0 Å². The number of rotatable bonds is 2. The van der Waals surface area contributed by atoms with Crippen molar-refractivity contribution >= 4 is 0 Å². The van der Waals surface area contributed by atoms with Gasteiger partial charge in [-0.2, -0.15) is 0 Å². The van der Waals surface area contributed by atoms with Crippen molar-refractivity contribution in [1.29, 1.82) is 0 Å². The molecule has 0 aromatic carbocycles. The van der Waals surface area contributed by atoms with Crippen molar-refractivity contribution in [2.75, 3.05) is 6.54 Å². The summed E-state index contributed by atoms with van der Waals surface area (Å²) < 4.78 is 0. The number of hydrogen-bond donors (Lipinski definition) is 3. The first kappa shape index (κ1) is 6.88. The van der Waals surface area contributed by atoms with Crippen LogP contribution in [0.5, 0.6) is 0 Å². The largest absolute Gasteiger partial charge is 0.391 e. The summed E-state index contributed by atoms with van der Waals surface area (Å²) in [5.41, 5.74) is 4.96. The Morgan fingerprint density at radius 2 is 2.00 bits per heavy atom. The third-order valence-electron chi connectivity index (χ3n) is 0.798. The Morgan fingerprint density at radius 3 is 2.00 bits per heavy atom. The molecule has 3 nitrogen and oxygen atoms in total. The Balaban J connectivity index is 3.14. The Morgan fingerprint density at radius 1 is 1.57 bits per heavy atom. The van der Waals surface area contributed by atoms with Gasteiger partial charge in [-0.25, -0.2) is 0 Å². The first-order chi connectivity index (χ1) is 3.18. The molecule has 0 amide bonds. The van der Waals surface area contributed by atoms with E-state index in [-0.39, 0.29) is 6.54 Å². The maximum atomic E-state index is 8.56. The molecule has 0 rings (SSSR count). The van der Waals surface area contributed by atoms with E-state index in [4.69, 9.17) is 15.9 Å². The number of aliphatic hydroxyl groups excluding tert-OH is 2. The van der Waals surface area contributed by atoms with E-state index in [0.717, 1.165) is 0 Å². The Hall–Kier alpha value is -0.120. The van der Waals surface area contributed by atoms with E-state index < -0.39 is 12.2 Å². The number of hydrogen-bond acceptors (Lipinski definition) is 3. The summed E-state index contributed by atoms with van der Waals surface area (Å²) >= 11 is 0. The first-order valence-corrected chi connectivity index (χ1v) is 2.24. The van der Waals surface area contributed by atoms with E-state index in [9.17, 15) is 0 Å². The standard InChI is InChI=1S/C4H11NO2/c1-3(6)4(7)2-5/h3-4,6-7H,2,5H2,1H3/t3-,4-/m1/s1. The Labute approximate surface area is 42.8 Å². The average molecular weight is 105 g/mol. The Kier molecular flexibility index (Phi) is 2.91. The van der Waals surface area contributed by atoms with Crippen LogP contribution in [0.15, 0.2) is 0 Å². The molecule has 0 aromatic rings. The summed E-state index contributed by atoms with van der Waals surface area (Å²) in [6.07, 6.45) is -1.47. The minimum Gasteiger partial charge on any atom is -0.391 e. The summed E-state index contributed by atoms with van der Waals surface area (Å²) in [7, 11) is 0. The molecule has 0 aliphatic rings. The van der Waals surface area contributed by atoms with Gasteiger partial charge in [0.2, 0.25) is 0 Å². The van der Waals surface area contributed by atoms with Crippen molar-refractivity contribution in [2.45, 2.75) is 19.1 Å². The van der Waals surface area contributed by atoms with E-state index in [0.29, 0.717) is 0 Å². The van der Waals surface area contributed by atoms with Crippen LogP contribution in [-0.2, 0) is 0 Å². The van der Waals surface area contributed by atoms with Crippen molar-refractivity contribution in [2.24, 2.45) is 5.73 Å². The second-order valence-corrected chi connectivity index (χ2v) is 1.54. The van der Waals surface area contributed by atoms with Crippen molar-refractivity contribution in [3.8, 4) is 0 Å². The van der Waals surface area contributed by atoms with Gasteiger partial charge < -0.3 is 15.9 Å². The fourth-order valence-corrected chi connectivity index (χ4v) is 0.197. The molecular formula is C4H11NO2. The fourth-order valence-electron chi connectivity index (χ4n) is 0.197. The third kappa shape index (κ3) is 2.56. The zero-order chi connectivity index (χ0) is 5.86. The molecule has 0 saturated heterocycles. The molecule has 0 saturated carbocycles. The summed E-state index contributed by atoms with van der Waals surface area (Å²) in [4.78, 5) is 0. The van der Waals surface area contributed by atoms with Crippen LogP contribution in [0, 0.1) is 0 Å². The molecule has 0 aliphatic carbocycles. The molecule has 0 aliphatic heterocycles. The molecule has 44 valence electrons. The van der Waals surface area contributed by atoms with Gasteiger partial charge in [-0.3, -0.25) is 0 Å². The lowest BCUT2D eigenvalue weighted by Crippen LogP contribution is -2.30. The van der Waals surface area contributed by atoms with Crippen LogP contribution in [0.2, 0.25) is 0 Å². The minimum absolute atomic E-state index is 0.123. The fraction of sp³-hybridized carbons (Fsp3) is 1.00. The van der Waals surface area contributed by atoms with E-state index in [1.807, 2.05) is 0 Å². The second-order valence-electron chi connectivity index (χ2n) is 1.54. The molecule has 0 heterocycles. The highest BCUT2D eigenvalue weighted by atomic mass is 16.3. The van der Waals surface area contributed by atoms with Crippen LogP contribution < -0.4 is 5.73 Å². The SMILES string of the molecule is C[C@@H](O)[C@H](O)CN. The van der Waals surface area contributed by atoms with Gasteiger partial charge in [0, 0.05) is 6.54 Å². The molecule has 0 spiro atoms. The van der Waals surface area contributed by atoms with Gasteiger partial charge in [0.1, 0.15) is 0 Å². The quantitative estimate of drug-likeness (QED) is 0.408. The van der Waals surface area contributed by atoms with Gasteiger partial charge in [0.25, 0.3) is 0 Å². The third-order valence-corrected chi connectivity index (χ3v) is 0.798. The molecule has 4 N–H and O–H groups in total. The molecule has 0 radical (unpaired) electrons. The molecular weight excluding hydrogens is 94.0 g/mol. The maximum absolute atomic E-state index is 8.56. The highest BCUT2D eigenvalue weighted by molar-refractivity contribution is 4.60. The molecule has 2 atom stereocenters. The van der Waals surface area contributed by atoms with Gasteiger partial charge in [0.15, 0.2) is 0 Å². The molecule has 7 heavy (non-hydrogen) atoms. The lowest BCUT2D eigenvalue weighted by Gasteiger charge is -2.08. The van der Waals surface area contributed by atoms with E-state index in [2.05, 4.69) is 0 Å². The predicted octanol–water partition coefficient (Wildman–Crippen LogP) is -1.31. The second kappa shape index (κ2) is 2.96. The highest BCUT2D eigenvalue weighted by Gasteiger charge is 2.05. The summed E-state index contributed by atoms with van der Waals surface area (Å²) in [5, 5.41) is 17.1. The Bertz CT molecular complexity index is 47.0. The van der Waals surface area contributed by atoms with E-state index in [1.54, 1.807) is 0 Å². The van der Waals surface area contributed by atoms with Gasteiger partial charge in [0.05, 0.1) is 12.2 Å². The molecule has 3 heteroatoms. The minimum atomic E-state index is -0.764. The van der Waals surface area contributed by atoms with Crippen LogP contribution in [-0.4, -0.2) is 29.0 Å². The zero-order valence-corrected chi connectivity index (χ0v) is 4.33. The van der Waals surface area contributed by atoms with Crippen molar-refractivity contribution in [3.63, 3.8) is 0 Å². The summed E-state index contributed by atoms with van der Waals surface area (Å²) in [5.74, 6) is 0. The highest BCUT2D eigenvalue weighted by Crippen LogP contribution is 1.85. The zero-order valence-electron chi connectivity index (χ0n) is 4.33. The summed E-state index contributed by atoms with van der Waals surface area (Å²) in [6.45, 7) is 1.62. The van der Waals surface area contributed by atoms with Crippen molar-refractivity contribution in [3.05, 3.63) is 0 Å². The molecule has 0 fully saturated rings. The molecule has 0 aromatic heterocycles. The lowest BCUT2D eigenvalue weighted by molar-refractivity contribution is 0.0374. The van der Waals surface area contributed by atoms with E-state index in [1.165, 1.54) is 6.92 Å². The van der Waals surface area contributed by atoms with Gasteiger partial charge in [-0.15, -0.1) is 0 Å². The monoisotopic (exact) mass is 105 g/mol. The smallest absolute Gasteiger partial charge is 0.0918 e. The number of nitrogens with two attached hydrogens (primary N) is 1. The first-order valence-electron chi connectivity index (χ1n) is 2.24. The van der Waals surface area contributed by atoms with Crippen LogP contribution in [0.3, 0.4) is 0 Å². The molecule has 0 unspecified atom stereocenters. The van der Waals surface area contributed by atoms with Crippen LogP contribution in [0.4, 0.5) is 0 Å². The van der Waals surface area contributed by atoms with Crippen LogP contribution in [0.25, 0.3) is 0 Å². The average Bonchev–Trinajstić information content (AvgIpc) is 1.65. The molecule has 0 bridgehead atoms. The van der Waals surface area contributed by atoms with Crippen LogP contribution in [0.1, 0.15) is 6.92 Å². The van der Waals surface area contributed by atoms with Crippen LogP contribution >= 0.6 is 0 Å². The van der Waals surface area contributed by atoms with Crippen molar-refractivity contribution < 1.29 is 10.2 Å². The predicted molar refractivity (Wildman–Crippen MR) is 26.7 cm³/mol. The maximum Gasteiger partial charge on any atom is 0.0918 e. The summed E-state index contributed by atoms with van der Waals surface area (Å²) in [6, 6.07) is 0. The topological polar surface area (TPSA) is 66.5 Å². The van der Waals surface area contributed by atoms with Crippen molar-refractivity contribution in [1.82, 2.24) is 0 Å².